The quantitative estimate of drug-likeness (QED) is 0.287. The molecule has 3 unspecified atom stereocenters. The van der Waals surface area contributed by atoms with Crippen molar-refractivity contribution in [3.05, 3.63) is 45.4 Å². The van der Waals surface area contributed by atoms with E-state index in [0.717, 1.165) is 79.7 Å². The number of hydrogen-bond acceptors (Lipinski definition) is 12. The second-order valence-electron chi connectivity index (χ2n) is 12.6. The Kier molecular flexibility index (Phi) is 6.69. The molecular formula is C31H34N12O2S. The number of hydrogen-bond donors (Lipinski definition) is 2. The molecule has 236 valence electrons. The molecule has 1 fully saturated rings. The molecule has 1 aliphatic heterocycles. The molecule has 6 heterocycles. The van der Waals surface area contributed by atoms with E-state index in [4.69, 9.17) is 25.3 Å². The first-order valence-electron chi connectivity index (χ1n) is 15.8. The number of rotatable bonds is 5. The van der Waals surface area contributed by atoms with Crippen molar-refractivity contribution in [3.63, 3.8) is 0 Å². The summed E-state index contributed by atoms with van der Waals surface area (Å²) in [5.74, 6) is 1.20. The first-order valence-corrected chi connectivity index (χ1v) is 16.6. The predicted octanol–water partition coefficient (Wildman–Crippen LogP) is 3.55. The number of aromatic nitrogens is 8. The van der Waals surface area contributed by atoms with E-state index >= 15 is 0 Å². The fourth-order valence-corrected chi connectivity index (χ4v) is 9.15. The zero-order valence-corrected chi connectivity index (χ0v) is 26.8. The van der Waals surface area contributed by atoms with Crippen molar-refractivity contribution < 1.29 is 9.32 Å². The van der Waals surface area contributed by atoms with Crippen LogP contribution in [0.3, 0.4) is 0 Å². The topological polar surface area (TPSA) is 182 Å². The molecule has 15 heteroatoms. The van der Waals surface area contributed by atoms with E-state index in [1.54, 1.807) is 13.2 Å². The third-order valence-corrected chi connectivity index (χ3v) is 11.2. The van der Waals surface area contributed by atoms with Crippen LogP contribution in [0.15, 0.2) is 16.9 Å². The first-order chi connectivity index (χ1) is 22.3. The van der Waals surface area contributed by atoms with Crippen LogP contribution >= 0.6 is 11.3 Å². The van der Waals surface area contributed by atoms with Gasteiger partial charge >= 0.3 is 0 Å². The number of nitriles is 1. The van der Waals surface area contributed by atoms with Crippen LogP contribution in [0.2, 0.25) is 0 Å². The number of amides is 1. The van der Waals surface area contributed by atoms with Crippen LogP contribution in [0.5, 0.6) is 0 Å². The highest BCUT2D eigenvalue weighted by Gasteiger charge is 2.49. The highest BCUT2D eigenvalue weighted by molar-refractivity contribution is 7.16. The summed E-state index contributed by atoms with van der Waals surface area (Å²) in [6, 6.07) is 2.73. The Morgan fingerprint density at radius 2 is 2.04 bits per heavy atom. The van der Waals surface area contributed by atoms with Gasteiger partial charge in [-0.2, -0.15) is 15.5 Å². The van der Waals surface area contributed by atoms with Gasteiger partial charge in [-0.3, -0.25) is 4.79 Å². The van der Waals surface area contributed by atoms with Gasteiger partial charge < -0.3 is 20.5 Å². The summed E-state index contributed by atoms with van der Waals surface area (Å²) in [6.45, 7) is 3.20. The number of nitrogen functional groups attached to an aromatic ring is 1. The lowest BCUT2D eigenvalue weighted by molar-refractivity contribution is 0.0957. The molecule has 3 atom stereocenters. The van der Waals surface area contributed by atoms with E-state index in [2.05, 4.69) is 45.6 Å². The van der Waals surface area contributed by atoms with Crippen LogP contribution < -0.4 is 11.1 Å². The van der Waals surface area contributed by atoms with Crippen molar-refractivity contribution in [2.45, 2.75) is 75.8 Å². The number of likely N-dealkylation sites (N-methyl/N-ethyl adjacent to an activating group) is 1. The number of likely N-dealkylation sites (tertiary alicyclic amines) is 1. The molecule has 0 saturated carbocycles. The van der Waals surface area contributed by atoms with Crippen molar-refractivity contribution in [2.75, 3.05) is 26.4 Å². The van der Waals surface area contributed by atoms with Crippen LogP contribution in [-0.4, -0.2) is 77.4 Å². The van der Waals surface area contributed by atoms with Gasteiger partial charge in [0.1, 0.15) is 11.1 Å². The van der Waals surface area contributed by atoms with Gasteiger partial charge in [0, 0.05) is 23.5 Å². The first kappa shape index (κ1) is 28.8. The smallest absolute Gasteiger partial charge is 0.273 e. The minimum Gasteiger partial charge on any atom is -0.389 e. The average Bonchev–Trinajstić information content (AvgIpc) is 3.89. The zero-order chi connectivity index (χ0) is 31.7. The second-order valence-corrected chi connectivity index (χ2v) is 13.7. The normalized spacial score (nSPS) is 21.7. The highest BCUT2D eigenvalue weighted by Crippen LogP contribution is 2.55. The Bertz CT molecular complexity index is 2050. The third kappa shape index (κ3) is 4.12. The second kappa shape index (κ2) is 10.7. The molecule has 1 amide bonds. The summed E-state index contributed by atoms with van der Waals surface area (Å²) >= 11 is 1.52. The summed E-state index contributed by atoms with van der Waals surface area (Å²) in [6.07, 6.45) is 10.6. The molecule has 0 radical (unpaired) electrons. The summed E-state index contributed by atoms with van der Waals surface area (Å²) in [5.41, 5.74) is 9.78. The van der Waals surface area contributed by atoms with Crippen LogP contribution in [0.25, 0.3) is 28.4 Å². The number of nitrogens with one attached hydrogen (secondary N) is 1. The maximum Gasteiger partial charge on any atom is 0.273 e. The minimum absolute atomic E-state index is 0.0382. The molecule has 5 aromatic heterocycles. The zero-order valence-electron chi connectivity index (χ0n) is 25.9. The van der Waals surface area contributed by atoms with Gasteiger partial charge in [-0.1, -0.05) is 5.16 Å². The van der Waals surface area contributed by atoms with E-state index in [0.29, 0.717) is 45.0 Å². The molecular weight excluding hydrogens is 604 g/mol. The van der Waals surface area contributed by atoms with Crippen molar-refractivity contribution in [3.8, 4) is 23.4 Å². The molecule has 2 aliphatic carbocycles. The van der Waals surface area contributed by atoms with Crippen LogP contribution in [0, 0.1) is 11.3 Å². The number of thiophene rings is 1. The van der Waals surface area contributed by atoms with E-state index in [-0.39, 0.29) is 17.6 Å². The molecule has 1 saturated heterocycles. The van der Waals surface area contributed by atoms with Crippen LogP contribution in [-0.2, 0) is 18.3 Å². The lowest BCUT2D eigenvalue weighted by atomic mass is 9.63. The minimum atomic E-state index is -0.464. The number of nitrogens with zero attached hydrogens (tertiary/aromatic N) is 10. The predicted molar refractivity (Wildman–Crippen MR) is 170 cm³/mol. The molecule has 8 rings (SSSR count). The van der Waals surface area contributed by atoms with Gasteiger partial charge in [0.15, 0.2) is 34.4 Å². The van der Waals surface area contributed by atoms with E-state index in [9.17, 15) is 10.1 Å². The number of carbonyl (C=O) groups excluding carboxylic acids is 1. The molecule has 5 aromatic rings. The fraction of sp³-hybridized carbons (Fsp3) is 0.484. The Hall–Kier alpha value is -4.68. The van der Waals surface area contributed by atoms with Crippen LogP contribution in [0.1, 0.15) is 89.3 Å². The molecule has 14 nitrogen and oxygen atoms in total. The van der Waals surface area contributed by atoms with Crippen molar-refractivity contribution >= 4 is 33.3 Å². The SMILES string of the molecule is CNC(=O)c1cnn(-c2nc(-c3noc4c3CCCC43CCCc4sc(N)c(C#N)c43)nc3c2cnn3C(C)C2CCCN2C)n1. The maximum atomic E-state index is 12.4. The number of aryl methyl sites for hydroxylation is 1. The lowest BCUT2D eigenvalue weighted by Gasteiger charge is -2.39. The number of anilines is 1. The Morgan fingerprint density at radius 3 is 2.80 bits per heavy atom. The standard InChI is InChI=1S/C31H34N12O2S/c1-16(21-8-6-12-41(21)3)42-28-19(14-35-42)29(43-36-15-20(39-43)30(44)34-2)38-27(37-28)24-17-7-4-10-31(25(17)45-40-24)11-5-9-22-23(31)18(13-32)26(33)46-22/h14-16,21H,4-12,33H2,1-3H3,(H,34,44). The van der Waals surface area contributed by atoms with E-state index in [1.807, 2.05) is 4.68 Å². The maximum absolute atomic E-state index is 12.4. The highest BCUT2D eigenvalue weighted by atomic mass is 32.1. The van der Waals surface area contributed by atoms with Crippen molar-refractivity contribution in [1.82, 2.24) is 50.1 Å². The number of fused-ring (bicyclic) bond motifs is 5. The average molecular weight is 639 g/mol. The largest absolute Gasteiger partial charge is 0.389 e. The Balaban J connectivity index is 1.31. The Labute approximate surface area is 268 Å². The van der Waals surface area contributed by atoms with Gasteiger partial charge in [-0.25, -0.2) is 14.6 Å². The fourth-order valence-electron chi connectivity index (χ4n) is 7.99. The summed E-state index contributed by atoms with van der Waals surface area (Å²) in [7, 11) is 3.69. The molecule has 3 aliphatic rings. The lowest BCUT2D eigenvalue weighted by Crippen LogP contribution is -2.35. The number of carbonyl (C=O) groups is 1. The van der Waals surface area contributed by atoms with Gasteiger partial charge in [-0.05, 0) is 77.4 Å². The van der Waals surface area contributed by atoms with E-state index < -0.39 is 5.41 Å². The van der Waals surface area contributed by atoms with Crippen molar-refractivity contribution in [1.29, 1.82) is 5.26 Å². The van der Waals surface area contributed by atoms with Gasteiger partial charge in [-0.15, -0.1) is 21.2 Å². The molecule has 1 spiro atoms. The van der Waals surface area contributed by atoms with Crippen LogP contribution in [0.4, 0.5) is 5.00 Å². The van der Waals surface area contributed by atoms with Gasteiger partial charge in [0.05, 0.1) is 34.8 Å². The molecule has 46 heavy (non-hydrogen) atoms. The molecule has 0 bridgehead atoms. The molecule has 3 N–H and O–H groups in total. The molecule has 0 aromatic carbocycles. The third-order valence-electron chi connectivity index (χ3n) is 10.2. The van der Waals surface area contributed by atoms with E-state index in [1.165, 1.54) is 22.3 Å². The summed E-state index contributed by atoms with van der Waals surface area (Å²) in [4.78, 5) is 27.3. The van der Waals surface area contributed by atoms with Gasteiger partial charge in [0.2, 0.25) is 0 Å². The van der Waals surface area contributed by atoms with Gasteiger partial charge in [0.25, 0.3) is 5.91 Å². The summed E-state index contributed by atoms with van der Waals surface area (Å²) < 4.78 is 8.22. The van der Waals surface area contributed by atoms with Crippen molar-refractivity contribution in [2.24, 2.45) is 0 Å². The monoisotopic (exact) mass is 638 g/mol. The summed E-state index contributed by atoms with van der Waals surface area (Å²) in [5, 5.41) is 32.2. The Morgan fingerprint density at radius 1 is 1.22 bits per heavy atom. The number of nitrogens with two attached hydrogens (primary N) is 1.